The van der Waals surface area contributed by atoms with Crippen molar-refractivity contribution in [3.05, 3.63) is 22.7 Å². The van der Waals surface area contributed by atoms with Gasteiger partial charge in [0.2, 0.25) is 0 Å². The number of benzene rings is 1. The number of halogens is 1. The molecule has 0 saturated carbocycles. The maximum atomic E-state index is 6.28. The van der Waals surface area contributed by atoms with Gasteiger partial charge in [0.25, 0.3) is 0 Å². The first-order chi connectivity index (χ1) is 10.2. The van der Waals surface area contributed by atoms with Gasteiger partial charge < -0.3 is 19.5 Å². The molecule has 1 rings (SSSR count). The van der Waals surface area contributed by atoms with Gasteiger partial charge in [-0.2, -0.15) is 0 Å². The van der Waals surface area contributed by atoms with Crippen molar-refractivity contribution in [1.29, 1.82) is 0 Å². The van der Waals surface area contributed by atoms with Crippen LogP contribution in [0.3, 0.4) is 0 Å². The summed E-state index contributed by atoms with van der Waals surface area (Å²) in [4.78, 5) is 0. The van der Waals surface area contributed by atoms with Crippen LogP contribution in [0.5, 0.6) is 11.5 Å². The van der Waals surface area contributed by atoms with E-state index in [9.17, 15) is 0 Å². The molecule has 1 aromatic carbocycles. The number of ether oxygens (including phenoxy) is 3. The lowest BCUT2D eigenvalue weighted by molar-refractivity contribution is 0.0970. The molecule has 4 nitrogen and oxygen atoms in total. The summed E-state index contributed by atoms with van der Waals surface area (Å²) in [5, 5.41) is 3.82. The molecule has 0 unspecified atom stereocenters. The predicted molar refractivity (Wildman–Crippen MR) is 86.6 cm³/mol. The van der Waals surface area contributed by atoms with Gasteiger partial charge in [0.05, 0.1) is 18.7 Å². The summed E-state index contributed by atoms with van der Waals surface area (Å²) in [7, 11) is 1.62. The summed E-state index contributed by atoms with van der Waals surface area (Å²) in [6.45, 7) is 7.66. The minimum absolute atomic E-state index is 0.465. The quantitative estimate of drug-likeness (QED) is 0.633. The van der Waals surface area contributed by atoms with Crippen LogP contribution < -0.4 is 14.8 Å². The second-order valence-electron chi connectivity index (χ2n) is 4.70. The Morgan fingerprint density at radius 3 is 2.62 bits per heavy atom. The molecule has 0 bridgehead atoms. The molecule has 0 heterocycles. The standard InChI is InChI=1S/C16H26ClNO3/c1-4-6-7-20-8-9-21-16-14(17)10-13(12-18-5-2)11-15(16)19-3/h10-11,18H,4-9,12H2,1-3H3. The van der Waals surface area contributed by atoms with E-state index in [1.54, 1.807) is 7.11 Å². The van der Waals surface area contributed by atoms with E-state index in [0.717, 1.165) is 38.1 Å². The number of rotatable bonds is 11. The van der Waals surface area contributed by atoms with Crippen molar-refractivity contribution in [2.24, 2.45) is 0 Å². The zero-order valence-electron chi connectivity index (χ0n) is 13.2. The van der Waals surface area contributed by atoms with E-state index < -0.39 is 0 Å². The van der Waals surface area contributed by atoms with Gasteiger partial charge in [-0.15, -0.1) is 0 Å². The fourth-order valence-electron chi connectivity index (χ4n) is 1.84. The first-order valence-corrected chi connectivity index (χ1v) is 7.88. The highest BCUT2D eigenvalue weighted by Gasteiger charge is 2.11. The lowest BCUT2D eigenvalue weighted by Crippen LogP contribution is -2.12. The molecule has 1 N–H and O–H groups in total. The van der Waals surface area contributed by atoms with Gasteiger partial charge in [-0.3, -0.25) is 0 Å². The van der Waals surface area contributed by atoms with Gasteiger partial charge in [0.1, 0.15) is 6.61 Å². The summed E-state index contributed by atoms with van der Waals surface area (Å²) < 4.78 is 16.5. The number of nitrogens with one attached hydrogen (secondary N) is 1. The lowest BCUT2D eigenvalue weighted by atomic mass is 10.2. The van der Waals surface area contributed by atoms with Crippen LogP contribution in [0.2, 0.25) is 5.02 Å². The Balaban J connectivity index is 2.56. The molecule has 0 saturated heterocycles. The molecule has 0 spiro atoms. The van der Waals surface area contributed by atoms with E-state index in [4.69, 9.17) is 25.8 Å². The third kappa shape index (κ3) is 6.55. The molecule has 0 aliphatic carbocycles. The Hall–Kier alpha value is -0.970. The summed E-state index contributed by atoms with van der Waals surface area (Å²) in [5.41, 5.74) is 1.07. The number of hydrogen-bond donors (Lipinski definition) is 1. The molecule has 0 aromatic heterocycles. The minimum atomic E-state index is 0.465. The van der Waals surface area contributed by atoms with Gasteiger partial charge in [-0.25, -0.2) is 0 Å². The normalized spacial score (nSPS) is 10.7. The smallest absolute Gasteiger partial charge is 0.179 e. The van der Waals surface area contributed by atoms with E-state index >= 15 is 0 Å². The molecule has 5 heteroatoms. The van der Waals surface area contributed by atoms with Crippen LogP contribution in [0.15, 0.2) is 12.1 Å². The van der Waals surface area contributed by atoms with Crippen molar-refractivity contribution in [3.8, 4) is 11.5 Å². The molecule has 0 radical (unpaired) electrons. The van der Waals surface area contributed by atoms with Crippen molar-refractivity contribution in [2.45, 2.75) is 33.2 Å². The summed E-state index contributed by atoms with van der Waals surface area (Å²) in [6.07, 6.45) is 2.21. The average molecular weight is 316 g/mol. The first kappa shape index (κ1) is 18.1. The molecule has 21 heavy (non-hydrogen) atoms. The van der Waals surface area contributed by atoms with E-state index in [1.807, 2.05) is 12.1 Å². The number of unbranched alkanes of at least 4 members (excludes halogenated alkanes) is 1. The predicted octanol–water partition coefficient (Wildman–Crippen LogP) is 3.65. The van der Waals surface area contributed by atoms with Crippen molar-refractivity contribution in [2.75, 3.05) is 33.5 Å². The highest BCUT2D eigenvalue weighted by Crippen LogP contribution is 2.36. The monoisotopic (exact) mass is 315 g/mol. The van der Waals surface area contributed by atoms with Gasteiger partial charge in [-0.1, -0.05) is 31.9 Å². The maximum Gasteiger partial charge on any atom is 0.179 e. The van der Waals surface area contributed by atoms with Crippen molar-refractivity contribution < 1.29 is 14.2 Å². The Labute approximate surface area is 132 Å². The fraction of sp³-hybridized carbons (Fsp3) is 0.625. The molecule has 0 fully saturated rings. The molecule has 0 atom stereocenters. The number of methoxy groups -OCH3 is 1. The molecule has 1 aromatic rings. The van der Waals surface area contributed by atoms with E-state index in [1.165, 1.54) is 0 Å². The van der Waals surface area contributed by atoms with Crippen LogP contribution in [0.1, 0.15) is 32.3 Å². The second kappa shape index (κ2) is 10.7. The fourth-order valence-corrected chi connectivity index (χ4v) is 2.12. The van der Waals surface area contributed by atoms with Crippen LogP contribution in [0, 0.1) is 0 Å². The zero-order valence-corrected chi connectivity index (χ0v) is 14.0. The van der Waals surface area contributed by atoms with Crippen molar-refractivity contribution >= 4 is 11.6 Å². The van der Waals surface area contributed by atoms with E-state index in [2.05, 4.69) is 19.2 Å². The van der Waals surface area contributed by atoms with Crippen molar-refractivity contribution in [1.82, 2.24) is 5.32 Å². The second-order valence-corrected chi connectivity index (χ2v) is 5.11. The van der Waals surface area contributed by atoms with Crippen LogP contribution >= 0.6 is 11.6 Å². The highest BCUT2D eigenvalue weighted by molar-refractivity contribution is 6.32. The SMILES string of the molecule is CCCCOCCOc1c(Cl)cc(CNCC)cc1OC. The summed E-state index contributed by atoms with van der Waals surface area (Å²) in [5.74, 6) is 1.24. The maximum absolute atomic E-state index is 6.28. The summed E-state index contributed by atoms with van der Waals surface area (Å²) >= 11 is 6.28. The summed E-state index contributed by atoms with van der Waals surface area (Å²) in [6, 6.07) is 3.85. The molecule has 120 valence electrons. The van der Waals surface area contributed by atoms with Gasteiger partial charge >= 0.3 is 0 Å². The molecule has 0 aliphatic rings. The molecule has 0 amide bonds. The van der Waals surface area contributed by atoms with Gasteiger partial charge in [0, 0.05) is 13.2 Å². The highest BCUT2D eigenvalue weighted by atomic mass is 35.5. The minimum Gasteiger partial charge on any atom is -0.493 e. The average Bonchev–Trinajstić information content (AvgIpc) is 2.49. The van der Waals surface area contributed by atoms with Crippen LogP contribution in [0.4, 0.5) is 0 Å². The Bertz CT molecular complexity index is 413. The van der Waals surface area contributed by atoms with Crippen molar-refractivity contribution in [3.63, 3.8) is 0 Å². The third-order valence-electron chi connectivity index (χ3n) is 2.98. The Morgan fingerprint density at radius 1 is 1.14 bits per heavy atom. The first-order valence-electron chi connectivity index (χ1n) is 7.50. The van der Waals surface area contributed by atoms with Gasteiger partial charge in [-0.05, 0) is 30.7 Å². The number of hydrogen-bond acceptors (Lipinski definition) is 4. The van der Waals surface area contributed by atoms with Crippen LogP contribution in [0.25, 0.3) is 0 Å². The Morgan fingerprint density at radius 2 is 1.95 bits per heavy atom. The molecular formula is C16H26ClNO3. The topological polar surface area (TPSA) is 39.7 Å². The largest absolute Gasteiger partial charge is 0.493 e. The lowest BCUT2D eigenvalue weighted by Gasteiger charge is -2.14. The van der Waals surface area contributed by atoms with E-state index in [-0.39, 0.29) is 0 Å². The van der Waals surface area contributed by atoms with Gasteiger partial charge in [0.15, 0.2) is 11.5 Å². The molecular weight excluding hydrogens is 290 g/mol. The Kier molecular flexibility index (Phi) is 9.22. The third-order valence-corrected chi connectivity index (χ3v) is 3.27. The van der Waals surface area contributed by atoms with E-state index in [0.29, 0.717) is 29.7 Å². The molecule has 0 aliphatic heterocycles. The van der Waals surface area contributed by atoms with Crippen LogP contribution in [-0.2, 0) is 11.3 Å². The van der Waals surface area contributed by atoms with Crippen LogP contribution in [-0.4, -0.2) is 33.5 Å². The zero-order chi connectivity index (χ0) is 15.5.